The first-order chi connectivity index (χ1) is 11.0. The molecule has 0 radical (unpaired) electrons. The molecule has 124 valence electrons. The molecular weight excluding hydrogens is 288 g/mol. The van der Waals surface area contributed by atoms with Crippen molar-refractivity contribution in [1.82, 2.24) is 9.80 Å². The standard InChI is InChI=1S/C19H26N2O2/c1-20(2)12-16-10-18(11-17(19(16)22)13-21(3)4)23-14-15-8-6-5-7-9-15/h5-11,22H,12-14H2,1-4H3. The molecule has 0 saturated heterocycles. The van der Waals surface area contributed by atoms with Gasteiger partial charge in [0.1, 0.15) is 18.1 Å². The summed E-state index contributed by atoms with van der Waals surface area (Å²) in [6, 6.07) is 13.9. The highest BCUT2D eigenvalue weighted by atomic mass is 16.5. The van der Waals surface area contributed by atoms with Crippen molar-refractivity contribution in [3.63, 3.8) is 0 Å². The van der Waals surface area contributed by atoms with Gasteiger partial charge in [-0.2, -0.15) is 0 Å². The first-order valence-electron chi connectivity index (χ1n) is 7.76. The van der Waals surface area contributed by atoms with Crippen molar-refractivity contribution in [3.05, 3.63) is 59.2 Å². The molecule has 4 nitrogen and oxygen atoms in total. The summed E-state index contributed by atoms with van der Waals surface area (Å²) in [5.74, 6) is 1.15. The highest BCUT2D eigenvalue weighted by molar-refractivity contribution is 5.46. The van der Waals surface area contributed by atoms with Crippen LogP contribution in [0.3, 0.4) is 0 Å². The molecule has 0 aromatic heterocycles. The van der Waals surface area contributed by atoms with Crippen LogP contribution in [0.4, 0.5) is 0 Å². The zero-order valence-corrected chi connectivity index (χ0v) is 14.4. The molecule has 0 heterocycles. The lowest BCUT2D eigenvalue weighted by atomic mass is 10.1. The van der Waals surface area contributed by atoms with Gasteiger partial charge < -0.3 is 19.6 Å². The Morgan fingerprint density at radius 1 is 0.870 bits per heavy atom. The second kappa shape index (κ2) is 7.99. The zero-order valence-electron chi connectivity index (χ0n) is 14.4. The smallest absolute Gasteiger partial charge is 0.124 e. The van der Waals surface area contributed by atoms with Gasteiger partial charge in [0.15, 0.2) is 0 Å². The van der Waals surface area contributed by atoms with Crippen LogP contribution in [0.5, 0.6) is 11.5 Å². The molecule has 0 aliphatic rings. The molecule has 1 N–H and O–H groups in total. The van der Waals surface area contributed by atoms with Crippen LogP contribution in [0.1, 0.15) is 16.7 Å². The second-order valence-electron chi connectivity index (χ2n) is 6.34. The lowest BCUT2D eigenvalue weighted by Gasteiger charge is -2.18. The number of phenolic OH excluding ortho intramolecular Hbond substituents is 1. The molecule has 4 heteroatoms. The van der Waals surface area contributed by atoms with Crippen molar-refractivity contribution in [1.29, 1.82) is 0 Å². The summed E-state index contributed by atoms with van der Waals surface area (Å²) in [7, 11) is 7.95. The van der Waals surface area contributed by atoms with E-state index < -0.39 is 0 Å². The summed E-state index contributed by atoms with van der Waals surface area (Å²) in [5.41, 5.74) is 2.90. The molecule has 0 aliphatic carbocycles. The molecule has 2 rings (SSSR count). The highest BCUT2D eigenvalue weighted by Gasteiger charge is 2.12. The summed E-state index contributed by atoms with van der Waals surface area (Å²) in [6.45, 7) is 1.87. The van der Waals surface area contributed by atoms with Crippen LogP contribution >= 0.6 is 0 Å². The lowest BCUT2D eigenvalue weighted by Crippen LogP contribution is -2.14. The van der Waals surface area contributed by atoms with Gasteiger partial charge in [-0.25, -0.2) is 0 Å². The maximum absolute atomic E-state index is 10.5. The minimum Gasteiger partial charge on any atom is -0.507 e. The van der Waals surface area contributed by atoms with E-state index in [1.165, 1.54) is 0 Å². The predicted molar refractivity (Wildman–Crippen MR) is 93.7 cm³/mol. The second-order valence-corrected chi connectivity index (χ2v) is 6.34. The quantitative estimate of drug-likeness (QED) is 0.852. The van der Waals surface area contributed by atoms with Gasteiger partial charge in [0, 0.05) is 24.2 Å². The van der Waals surface area contributed by atoms with Gasteiger partial charge >= 0.3 is 0 Å². The molecule has 0 bridgehead atoms. The van der Waals surface area contributed by atoms with Crippen molar-refractivity contribution in [3.8, 4) is 11.5 Å². The molecule has 0 fully saturated rings. The van der Waals surface area contributed by atoms with Crippen LogP contribution in [0.25, 0.3) is 0 Å². The number of hydrogen-bond donors (Lipinski definition) is 1. The minimum atomic E-state index is 0.361. The average molecular weight is 314 g/mol. The van der Waals surface area contributed by atoms with Gasteiger partial charge in [-0.1, -0.05) is 30.3 Å². The third kappa shape index (κ3) is 5.27. The van der Waals surface area contributed by atoms with E-state index >= 15 is 0 Å². The zero-order chi connectivity index (χ0) is 16.8. The SMILES string of the molecule is CN(C)Cc1cc(OCc2ccccc2)cc(CN(C)C)c1O. The van der Waals surface area contributed by atoms with E-state index in [0.717, 1.165) is 22.4 Å². The molecule has 0 saturated carbocycles. The Balaban J connectivity index is 2.23. The number of aromatic hydroxyl groups is 1. The van der Waals surface area contributed by atoms with Crippen LogP contribution < -0.4 is 4.74 Å². The fourth-order valence-corrected chi connectivity index (χ4v) is 2.47. The van der Waals surface area contributed by atoms with Crippen LogP contribution in [0, 0.1) is 0 Å². The van der Waals surface area contributed by atoms with Gasteiger partial charge in [0.25, 0.3) is 0 Å². The Labute approximate surface area is 138 Å². The minimum absolute atomic E-state index is 0.361. The van der Waals surface area contributed by atoms with Gasteiger partial charge in [0.2, 0.25) is 0 Å². The Kier molecular flexibility index (Phi) is 6.02. The first kappa shape index (κ1) is 17.3. The van der Waals surface area contributed by atoms with E-state index in [-0.39, 0.29) is 0 Å². The van der Waals surface area contributed by atoms with Crippen LogP contribution in [0.15, 0.2) is 42.5 Å². The number of benzene rings is 2. The van der Waals surface area contributed by atoms with E-state index in [1.807, 2.05) is 80.5 Å². The van der Waals surface area contributed by atoms with Crippen molar-refractivity contribution in [2.45, 2.75) is 19.7 Å². The van der Waals surface area contributed by atoms with E-state index in [9.17, 15) is 5.11 Å². The third-order valence-electron chi connectivity index (χ3n) is 3.46. The molecular formula is C19H26N2O2. The summed E-state index contributed by atoms with van der Waals surface area (Å²) in [5, 5.41) is 10.5. The van der Waals surface area contributed by atoms with E-state index in [4.69, 9.17) is 4.74 Å². The Morgan fingerprint density at radius 2 is 1.39 bits per heavy atom. The molecule has 0 unspecified atom stereocenters. The fraction of sp³-hybridized carbons (Fsp3) is 0.368. The average Bonchev–Trinajstić information content (AvgIpc) is 2.49. The third-order valence-corrected chi connectivity index (χ3v) is 3.46. The molecule has 0 amide bonds. The van der Waals surface area contributed by atoms with Crippen LogP contribution in [0.2, 0.25) is 0 Å². The Morgan fingerprint density at radius 3 is 1.87 bits per heavy atom. The molecule has 0 spiro atoms. The summed E-state index contributed by atoms with van der Waals surface area (Å²) in [6.07, 6.45) is 0. The largest absolute Gasteiger partial charge is 0.507 e. The van der Waals surface area contributed by atoms with E-state index in [1.54, 1.807) is 0 Å². The maximum atomic E-state index is 10.5. The monoisotopic (exact) mass is 314 g/mol. The maximum Gasteiger partial charge on any atom is 0.124 e. The topological polar surface area (TPSA) is 35.9 Å². The van der Waals surface area contributed by atoms with Gasteiger partial charge in [-0.05, 0) is 45.9 Å². The predicted octanol–water partition coefficient (Wildman–Crippen LogP) is 3.09. The van der Waals surface area contributed by atoms with Crippen LogP contribution in [-0.4, -0.2) is 43.1 Å². The first-order valence-corrected chi connectivity index (χ1v) is 7.76. The van der Waals surface area contributed by atoms with E-state index in [0.29, 0.717) is 25.4 Å². The van der Waals surface area contributed by atoms with Crippen molar-refractivity contribution in [2.24, 2.45) is 0 Å². The number of ether oxygens (including phenoxy) is 1. The number of phenols is 1. The molecule has 23 heavy (non-hydrogen) atoms. The van der Waals surface area contributed by atoms with Gasteiger partial charge in [-0.15, -0.1) is 0 Å². The lowest BCUT2D eigenvalue weighted by molar-refractivity contribution is 0.301. The molecule has 2 aromatic carbocycles. The molecule has 0 aliphatic heterocycles. The Hall–Kier alpha value is -2.04. The van der Waals surface area contributed by atoms with Crippen LogP contribution in [-0.2, 0) is 19.7 Å². The fourth-order valence-electron chi connectivity index (χ4n) is 2.47. The summed E-state index contributed by atoms with van der Waals surface area (Å²) in [4.78, 5) is 4.07. The van der Waals surface area contributed by atoms with E-state index in [2.05, 4.69) is 0 Å². The Bertz CT molecular complexity index is 594. The van der Waals surface area contributed by atoms with Crippen molar-refractivity contribution < 1.29 is 9.84 Å². The highest BCUT2D eigenvalue weighted by Crippen LogP contribution is 2.30. The van der Waals surface area contributed by atoms with Crippen molar-refractivity contribution >= 4 is 0 Å². The number of rotatable bonds is 7. The normalized spacial score (nSPS) is 11.2. The molecule has 2 aromatic rings. The summed E-state index contributed by atoms with van der Waals surface area (Å²) >= 11 is 0. The summed E-state index contributed by atoms with van der Waals surface area (Å²) < 4.78 is 5.94. The molecule has 0 atom stereocenters. The van der Waals surface area contributed by atoms with Gasteiger partial charge in [-0.3, -0.25) is 0 Å². The van der Waals surface area contributed by atoms with Crippen molar-refractivity contribution in [2.75, 3.05) is 28.2 Å². The number of nitrogens with zero attached hydrogens (tertiary/aromatic N) is 2. The number of hydrogen-bond acceptors (Lipinski definition) is 4. The van der Waals surface area contributed by atoms with Gasteiger partial charge in [0.05, 0.1) is 0 Å².